The maximum atomic E-state index is 14.9. The van der Waals surface area contributed by atoms with E-state index in [1.54, 1.807) is 30.0 Å². The molecule has 0 saturated heterocycles. The van der Waals surface area contributed by atoms with Crippen molar-refractivity contribution >= 4 is 29.3 Å². The maximum Gasteiger partial charge on any atom is 0.416 e. The number of nitro groups is 1. The predicted molar refractivity (Wildman–Crippen MR) is 246 cm³/mol. The number of nitro benzene ring substituents is 1. The van der Waals surface area contributed by atoms with Crippen molar-refractivity contribution in [3.63, 3.8) is 0 Å². The molecule has 1 heterocycles. The number of aliphatic hydroxyl groups excluding tert-OH is 2. The molecule has 1 aliphatic heterocycles. The normalized spacial score (nSPS) is 22.4. The molecule has 3 aliphatic rings. The van der Waals surface area contributed by atoms with E-state index < -0.39 is 34.6 Å². The fraction of sp³-hybridized carbons (Fsp3) is 0.400. The summed E-state index contributed by atoms with van der Waals surface area (Å²) in [5, 5.41) is 35.9. The molecule has 6 atom stereocenters. The molecule has 1 amide bonds. The Labute approximate surface area is 383 Å². The zero-order valence-corrected chi connectivity index (χ0v) is 37.3. The number of hydrogen-bond donors (Lipinski definition) is 2. The molecule has 0 bridgehead atoms. The number of nitrogens with zero attached hydrogens (tertiary/aromatic N) is 3. The van der Waals surface area contributed by atoms with Gasteiger partial charge in [-0.3, -0.25) is 15.0 Å². The number of allylic oxidation sites excluding steroid dienone is 1. The average Bonchev–Trinajstić information content (AvgIpc) is 3.31. The molecule has 2 N–H and O–H groups in total. The molecular weight excluding hydrogens is 854 g/mol. The third-order valence-corrected chi connectivity index (χ3v) is 13.3. The van der Waals surface area contributed by atoms with Crippen LogP contribution in [0.15, 0.2) is 131 Å². The minimum Gasteiger partial charge on any atom is -0.493 e. The molecule has 344 valence electrons. The van der Waals surface area contributed by atoms with Gasteiger partial charge in [0.2, 0.25) is 5.79 Å². The molecule has 13 nitrogen and oxygen atoms in total. The lowest BCUT2D eigenvalue weighted by atomic mass is 9.55. The van der Waals surface area contributed by atoms with E-state index in [2.05, 4.69) is 29.9 Å². The van der Waals surface area contributed by atoms with Crippen molar-refractivity contribution in [2.24, 2.45) is 22.9 Å². The topological polar surface area (TPSA) is 162 Å². The third kappa shape index (κ3) is 11.0. The van der Waals surface area contributed by atoms with Gasteiger partial charge in [-0.1, -0.05) is 60.5 Å². The molecule has 0 aromatic heterocycles. The first kappa shape index (κ1) is 47.2. The number of hydrogen-bond acceptors (Lipinski definition) is 12. The van der Waals surface area contributed by atoms with E-state index in [1.165, 1.54) is 48.4 Å². The van der Waals surface area contributed by atoms with Crippen molar-refractivity contribution in [2.75, 3.05) is 39.3 Å². The first-order valence-corrected chi connectivity index (χ1v) is 23.1. The number of fused-ring (bicyclic) bond motifs is 2. The van der Waals surface area contributed by atoms with Crippen molar-refractivity contribution in [2.45, 2.75) is 74.1 Å². The van der Waals surface area contributed by atoms with Gasteiger partial charge in [0.25, 0.3) is 5.69 Å². The first-order valence-electron chi connectivity index (χ1n) is 22.1. The summed E-state index contributed by atoms with van der Waals surface area (Å²) >= 11 is 1.71. The van der Waals surface area contributed by atoms with Crippen LogP contribution in [0.4, 0.5) is 14.9 Å². The van der Waals surface area contributed by atoms with E-state index in [0.717, 1.165) is 47.5 Å². The second-order valence-electron chi connectivity index (χ2n) is 16.3. The van der Waals surface area contributed by atoms with E-state index in [-0.39, 0.29) is 62.0 Å². The number of carbonyl (C=O) groups excluding carboxylic acids is 1. The van der Waals surface area contributed by atoms with Crippen LogP contribution in [0.5, 0.6) is 17.2 Å². The van der Waals surface area contributed by atoms with Crippen LogP contribution >= 0.6 is 11.8 Å². The Bertz CT molecular complexity index is 2300. The van der Waals surface area contributed by atoms with Gasteiger partial charge in [-0.15, -0.1) is 18.3 Å². The number of halogens is 1. The van der Waals surface area contributed by atoms with Gasteiger partial charge in [0.1, 0.15) is 36.2 Å². The van der Waals surface area contributed by atoms with Gasteiger partial charge in [-0.2, -0.15) is 0 Å². The highest BCUT2D eigenvalue weighted by molar-refractivity contribution is 7.99. The number of ether oxygens (including phenoxy) is 4. The zero-order valence-electron chi connectivity index (χ0n) is 36.5. The fourth-order valence-corrected chi connectivity index (χ4v) is 10.3. The lowest BCUT2D eigenvalue weighted by Gasteiger charge is -2.59. The second-order valence-corrected chi connectivity index (χ2v) is 17.5. The smallest absolute Gasteiger partial charge is 0.416 e. The van der Waals surface area contributed by atoms with Crippen LogP contribution in [0.3, 0.4) is 0 Å². The SMILES string of the molecule is C=CCOC12Oc3ccc(OCCSc4ccccc4)cc3C3C(CCCCO)C(CCCCO)C=C(C(=NOC)CC1N(Cc1ccc(F)cc1)C(=O)Oc1ccc([N+](=O)[O-])cc1)C32. The van der Waals surface area contributed by atoms with Gasteiger partial charge in [0.15, 0.2) is 0 Å². The molecule has 15 heteroatoms. The highest BCUT2D eigenvalue weighted by Gasteiger charge is 2.65. The average molecular weight is 910 g/mol. The summed E-state index contributed by atoms with van der Waals surface area (Å²) in [4.78, 5) is 34.0. The number of non-ortho nitro benzene ring substituents is 1. The fourth-order valence-electron chi connectivity index (χ4n) is 9.57. The molecule has 6 unspecified atom stereocenters. The Morgan fingerprint density at radius 3 is 2.42 bits per heavy atom. The third-order valence-electron chi connectivity index (χ3n) is 12.3. The van der Waals surface area contributed by atoms with Crippen LogP contribution in [0, 0.1) is 33.7 Å². The summed E-state index contributed by atoms with van der Waals surface area (Å²) in [7, 11) is 1.47. The summed E-state index contributed by atoms with van der Waals surface area (Å²) in [5.74, 6) is -0.921. The summed E-state index contributed by atoms with van der Waals surface area (Å²) < 4.78 is 41.1. The largest absolute Gasteiger partial charge is 0.493 e. The number of rotatable bonds is 22. The Balaban J connectivity index is 1.38. The van der Waals surface area contributed by atoms with Crippen LogP contribution in [0.2, 0.25) is 0 Å². The zero-order chi connectivity index (χ0) is 45.8. The Hall–Kier alpha value is -5.74. The quantitative estimate of drug-likeness (QED) is 0.0254. The molecule has 4 aromatic rings. The lowest BCUT2D eigenvalue weighted by Crippen LogP contribution is -2.70. The summed E-state index contributed by atoms with van der Waals surface area (Å²) in [6.45, 7) is 4.53. The van der Waals surface area contributed by atoms with Crippen LogP contribution in [0.1, 0.15) is 62.0 Å². The van der Waals surface area contributed by atoms with Crippen molar-refractivity contribution in [3.8, 4) is 17.2 Å². The highest BCUT2D eigenvalue weighted by atomic mass is 32.2. The van der Waals surface area contributed by atoms with Crippen molar-refractivity contribution in [3.05, 3.63) is 148 Å². The molecule has 1 fully saturated rings. The maximum absolute atomic E-state index is 14.9. The van der Waals surface area contributed by atoms with Crippen molar-refractivity contribution in [1.29, 1.82) is 0 Å². The summed E-state index contributed by atoms with van der Waals surface area (Å²) in [5.41, 5.74) is 2.76. The number of oxime groups is 1. The van der Waals surface area contributed by atoms with Crippen LogP contribution < -0.4 is 14.2 Å². The van der Waals surface area contributed by atoms with E-state index in [1.807, 2.05) is 36.4 Å². The summed E-state index contributed by atoms with van der Waals surface area (Å²) in [6.07, 6.45) is 7.45. The Morgan fingerprint density at radius 1 is 1.00 bits per heavy atom. The number of thioether (sulfide) groups is 1. The Kier molecular flexibility index (Phi) is 16.3. The standard InChI is InChI=1S/C50H56FN3O10S/c1-3-27-62-50-46(53(33-34-15-17-36(51)18-16-34)49(57)63-38-21-19-37(20-22-38)54(58)59)32-44(52-60-2)42-30-35(11-7-9-25-55)41(14-8-10-26-56)47(48(42)50)43-31-39(23-24-45(43)64-50)61-28-29-65-40-12-5-4-6-13-40/h3-6,12-13,15-24,30-31,35,41,46-48,55-56H,1,7-11,14,25-29,32-33H2,2H3. The lowest BCUT2D eigenvalue weighted by molar-refractivity contribution is -0.384. The molecule has 65 heavy (non-hydrogen) atoms. The predicted octanol–water partition coefficient (Wildman–Crippen LogP) is 9.87. The number of benzene rings is 4. The first-order chi connectivity index (χ1) is 31.7. The minimum absolute atomic E-state index is 0.0208. The number of carbonyl (C=O) groups is 1. The van der Waals surface area contributed by atoms with Gasteiger partial charge in [0.05, 0.1) is 29.8 Å². The molecule has 0 spiro atoms. The van der Waals surface area contributed by atoms with Crippen LogP contribution in [-0.2, 0) is 16.1 Å². The van der Waals surface area contributed by atoms with Gasteiger partial charge in [0, 0.05) is 60.4 Å². The van der Waals surface area contributed by atoms with Gasteiger partial charge < -0.3 is 34.0 Å². The van der Waals surface area contributed by atoms with E-state index in [4.69, 9.17) is 23.8 Å². The molecule has 1 saturated carbocycles. The monoisotopic (exact) mass is 909 g/mol. The highest BCUT2D eigenvalue weighted by Crippen LogP contribution is 2.62. The number of unbranched alkanes of at least 4 members (excludes halogenated alkanes) is 2. The molecule has 0 radical (unpaired) electrons. The molecule has 2 aliphatic carbocycles. The van der Waals surface area contributed by atoms with Crippen LogP contribution in [0.25, 0.3) is 0 Å². The van der Waals surface area contributed by atoms with Crippen molar-refractivity contribution < 1.29 is 48.1 Å². The molecule has 4 aromatic carbocycles. The molecule has 7 rings (SSSR count). The second kappa shape index (κ2) is 22.4. The summed E-state index contributed by atoms with van der Waals surface area (Å²) in [6, 6.07) is 26.0. The van der Waals surface area contributed by atoms with E-state index in [9.17, 15) is 29.5 Å². The number of amides is 1. The minimum atomic E-state index is -1.60. The Morgan fingerprint density at radius 2 is 1.72 bits per heavy atom. The van der Waals surface area contributed by atoms with Gasteiger partial charge in [-0.05, 0) is 103 Å². The van der Waals surface area contributed by atoms with Crippen molar-refractivity contribution in [1.82, 2.24) is 4.90 Å². The van der Waals surface area contributed by atoms with Gasteiger partial charge in [-0.25, -0.2) is 9.18 Å². The number of aliphatic hydroxyl groups is 2. The van der Waals surface area contributed by atoms with Crippen LogP contribution in [-0.4, -0.2) is 83.0 Å². The molecular formula is C50H56FN3O10S. The van der Waals surface area contributed by atoms with E-state index >= 15 is 0 Å². The van der Waals surface area contributed by atoms with E-state index in [0.29, 0.717) is 42.2 Å². The van der Waals surface area contributed by atoms with Gasteiger partial charge >= 0.3 is 6.09 Å².